The first-order chi connectivity index (χ1) is 13.2. The fraction of sp³-hybridized carbons (Fsp3) is 0.273. The Morgan fingerprint density at radius 3 is 2.78 bits per heavy atom. The number of nitrogens with one attached hydrogen (secondary N) is 1. The zero-order chi connectivity index (χ0) is 18.4. The fourth-order valence-corrected chi connectivity index (χ4v) is 4.10. The molecule has 1 N–H and O–H groups in total. The van der Waals surface area contributed by atoms with Gasteiger partial charge >= 0.3 is 0 Å². The molecule has 0 unspecified atom stereocenters. The molecular weight excluding hydrogens is 334 g/mol. The summed E-state index contributed by atoms with van der Waals surface area (Å²) in [4.78, 5) is 11.6. The first kappa shape index (κ1) is 16.3. The molecule has 2 aromatic heterocycles. The minimum Gasteiger partial charge on any atom is -0.381 e. The van der Waals surface area contributed by atoms with Crippen LogP contribution in [0.1, 0.15) is 6.42 Å². The summed E-state index contributed by atoms with van der Waals surface area (Å²) in [5.41, 5.74) is 6.50. The van der Waals surface area contributed by atoms with Crippen LogP contribution < -0.4 is 5.32 Å². The van der Waals surface area contributed by atoms with Gasteiger partial charge in [-0.1, -0.05) is 12.1 Å². The monoisotopic (exact) mass is 357 g/mol. The Morgan fingerprint density at radius 1 is 1.04 bits per heavy atom. The van der Waals surface area contributed by atoms with Gasteiger partial charge in [-0.3, -0.25) is 9.97 Å². The van der Waals surface area contributed by atoms with Gasteiger partial charge in [-0.05, 0) is 55.2 Å². The van der Waals surface area contributed by atoms with Crippen molar-refractivity contribution in [3.05, 3.63) is 55.0 Å². The second kappa shape index (κ2) is 6.35. The molecule has 1 atom stereocenters. The highest BCUT2D eigenvalue weighted by Crippen LogP contribution is 2.32. The van der Waals surface area contributed by atoms with Crippen LogP contribution in [0.25, 0.3) is 33.1 Å². The smallest absolute Gasteiger partial charge is 0.0966 e. The highest BCUT2D eigenvalue weighted by atomic mass is 15.2. The Morgan fingerprint density at radius 2 is 1.93 bits per heavy atom. The number of likely N-dealkylation sites (tertiary alicyclic amines) is 1. The number of benzene rings is 2. The van der Waals surface area contributed by atoms with Crippen molar-refractivity contribution in [1.82, 2.24) is 19.4 Å². The summed E-state index contributed by atoms with van der Waals surface area (Å²) in [6.45, 7) is 2.21. The molecule has 1 aliphatic rings. The van der Waals surface area contributed by atoms with E-state index in [2.05, 4.69) is 81.4 Å². The average molecular weight is 357 g/mol. The number of aryl methyl sites for hydroxylation is 1. The number of aromatic nitrogens is 3. The summed E-state index contributed by atoms with van der Waals surface area (Å²) < 4.78 is 2.16. The summed E-state index contributed by atoms with van der Waals surface area (Å²) >= 11 is 0. The van der Waals surface area contributed by atoms with E-state index >= 15 is 0 Å². The molecule has 0 bridgehead atoms. The van der Waals surface area contributed by atoms with Crippen LogP contribution in [0.4, 0.5) is 5.69 Å². The number of anilines is 1. The van der Waals surface area contributed by atoms with Crippen molar-refractivity contribution < 1.29 is 0 Å². The van der Waals surface area contributed by atoms with Gasteiger partial charge in [0, 0.05) is 55.0 Å². The minimum atomic E-state index is 0.479. The summed E-state index contributed by atoms with van der Waals surface area (Å²) in [5.74, 6) is 0. The molecule has 1 fully saturated rings. The first-order valence-electron chi connectivity index (χ1n) is 9.43. The van der Waals surface area contributed by atoms with Crippen molar-refractivity contribution in [3.63, 3.8) is 0 Å². The molecule has 1 aliphatic heterocycles. The largest absolute Gasteiger partial charge is 0.381 e. The van der Waals surface area contributed by atoms with E-state index in [1.54, 1.807) is 12.4 Å². The Hall–Kier alpha value is -2.92. The lowest BCUT2D eigenvalue weighted by atomic mass is 10.0. The standard InChI is InChI=1S/C22H23N5/c1-26-9-6-17(14-26)25-18-12-19(22-20(13-18)23-7-8-24-22)16-4-3-15-5-10-27(2)21(15)11-16/h3-5,7-8,10-13,17,25H,6,9,14H2,1-2H3/t17-/m0/s1. The maximum absolute atomic E-state index is 4.63. The predicted octanol–water partition coefficient (Wildman–Crippen LogP) is 3.90. The van der Waals surface area contributed by atoms with Crippen molar-refractivity contribution in [2.45, 2.75) is 12.5 Å². The molecule has 27 heavy (non-hydrogen) atoms. The number of nitrogens with zero attached hydrogens (tertiary/aromatic N) is 4. The third kappa shape index (κ3) is 2.94. The molecular formula is C22H23N5. The zero-order valence-corrected chi connectivity index (χ0v) is 15.7. The Labute approximate surface area is 158 Å². The van der Waals surface area contributed by atoms with E-state index in [-0.39, 0.29) is 0 Å². The summed E-state index contributed by atoms with van der Waals surface area (Å²) in [5, 5.41) is 4.95. The van der Waals surface area contributed by atoms with Crippen molar-refractivity contribution in [2.75, 3.05) is 25.5 Å². The summed E-state index contributed by atoms with van der Waals surface area (Å²) in [6, 6.07) is 13.6. The average Bonchev–Trinajstić information content (AvgIpc) is 3.26. The van der Waals surface area contributed by atoms with Gasteiger partial charge in [0.1, 0.15) is 0 Å². The van der Waals surface area contributed by atoms with E-state index in [1.807, 2.05) is 0 Å². The van der Waals surface area contributed by atoms with Gasteiger partial charge in [-0.2, -0.15) is 0 Å². The minimum absolute atomic E-state index is 0.479. The molecule has 0 saturated carbocycles. The number of hydrogen-bond acceptors (Lipinski definition) is 4. The van der Waals surface area contributed by atoms with Crippen LogP contribution in [0, 0.1) is 0 Å². The molecule has 2 aromatic carbocycles. The van der Waals surface area contributed by atoms with Crippen LogP contribution in [-0.2, 0) is 7.05 Å². The van der Waals surface area contributed by atoms with Gasteiger partial charge in [0.05, 0.1) is 11.0 Å². The molecule has 3 heterocycles. The second-order valence-electron chi connectivity index (χ2n) is 7.54. The van der Waals surface area contributed by atoms with E-state index in [0.29, 0.717) is 6.04 Å². The quantitative estimate of drug-likeness (QED) is 0.604. The van der Waals surface area contributed by atoms with Gasteiger partial charge < -0.3 is 14.8 Å². The second-order valence-corrected chi connectivity index (χ2v) is 7.54. The van der Waals surface area contributed by atoms with E-state index in [1.165, 1.54) is 22.9 Å². The lowest BCUT2D eigenvalue weighted by Gasteiger charge is -2.16. The molecule has 0 amide bonds. The number of rotatable bonds is 3. The highest BCUT2D eigenvalue weighted by Gasteiger charge is 2.20. The molecule has 0 spiro atoms. The van der Waals surface area contributed by atoms with E-state index in [9.17, 15) is 0 Å². The van der Waals surface area contributed by atoms with Gasteiger partial charge in [-0.25, -0.2) is 0 Å². The topological polar surface area (TPSA) is 46.0 Å². The Balaban J connectivity index is 1.63. The van der Waals surface area contributed by atoms with Gasteiger partial charge in [-0.15, -0.1) is 0 Å². The lowest BCUT2D eigenvalue weighted by molar-refractivity contribution is 0.414. The molecule has 5 rings (SSSR count). The third-order valence-electron chi connectivity index (χ3n) is 5.53. The molecule has 0 aliphatic carbocycles. The first-order valence-corrected chi connectivity index (χ1v) is 9.43. The zero-order valence-electron chi connectivity index (χ0n) is 15.7. The van der Waals surface area contributed by atoms with E-state index in [0.717, 1.165) is 35.4 Å². The van der Waals surface area contributed by atoms with Crippen LogP contribution in [0.15, 0.2) is 55.0 Å². The molecule has 1 saturated heterocycles. The van der Waals surface area contributed by atoms with Crippen LogP contribution >= 0.6 is 0 Å². The number of hydrogen-bond donors (Lipinski definition) is 1. The highest BCUT2D eigenvalue weighted by molar-refractivity contribution is 5.97. The Bertz CT molecular complexity index is 1130. The fourth-order valence-electron chi connectivity index (χ4n) is 4.10. The van der Waals surface area contributed by atoms with Gasteiger partial charge in [0.25, 0.3) is 0 Å². The lowest BCUT2D eigenvalue weighted by Crippen LogP contribution is -2.23. The van der Waals surface area contributed by atoms with Crippen LogP contribution in [0.2, 0.25) is 0 Å². The summed E-state index contributed by atoms with van der Waals surface area (Å²) in [6.07, 6.45) is 6.80. The maximum atomic E-state index is 4.63. The maximum Gasteiger partial charge on any atom is 0.0966 e. The van der Waals surface area contributed by atoms with Crippen molar-refractivity contribution in [1.29, 1.82) is 0 Å². The normalized spacial score (nSPS) is 17.8. The molecule has 5 nitrogen and oxygen atoms in total. The van der Waals surface area contributed by atoms with E-state index < -0.39 is 0 Å². The predicted molar refractivity (Wildman–Crippen MR) is 111 cm³/mol. The molecule has 136 valence electrons. The number of likely N-dealkylation sites (N-methyl/N-ethyl adjacent to an activating group) is 1. The third-order valence-corrected chi connectivity index (χ3v) is 5.53. The van der Waals surface area contributed by atoms with Crippen molar-refractivity contribution >= 4 is 27.6 Å². The van der Waals surface area contributed by atoms with Crippen molar-refractivity contribution in [3.8, 4) is 11.1 Å². The van der Waals surface area contributed by atoms with Gasteiger partial charge in [0.15, 0.2) is 0 Å². The van der Waals surface area contributed by atoms with E-state index in [4.69, 9.17) is 0 Å². The van der Waals surface area contributed by atoms with Gasteiger partial charge in [0.2, 0.25) is 0 Å². The van der Waals surface area contributed by atoms with Crippen molar-refractivity contribution in [2.24, 2.45) is 7.05 Å². The van der Waals surface area contributed by atoms with Crippen LogP contribution in [0.5, 0.6) is 0 Å². The van der Waals surface area contributed by atoms with Crippen LogP contribution in [-0.4, -0.2) is 45.6 Å². The molecule has 0 radical (unpaired) electrons. The SMILES string of the molecule is CN1CC[C@H](Nc2cc(-c3ccc4ccn(C)c4c3)c3nccnc3c2)C1. The molecule has 4 aromatic rings. The molecule has 5 heteroatoms. The summed E-state index contributed by atoms with van der Waals surface area (Å²) in [7, 11) is 4.26. The Kier molecular flexibility index (Phi) is 3.83. The number of fused-ring (bicyclic) bond motifs is 2. The van der Waals surface area contributed by atoms with Crippen LogP contribution in [0.3, 0.4) is 0 Å².